The van der Waals surface area contributed by atoms with Crippen LogP contribution in [0, 0.1) is 0 Å². The number of hydrogen-bond acceptors (Lipinski definition) is 4. The van der Waals surface area contributed by atoms with Crippen molar-refractivity contribution in [2.45, 2.75) is 6.17 Å². The normalized spacial score (nSPS) is 14.6. The van der Waals surface area contributed by atoms with Crippen LogP contribution in [-0.2, 0) is 0 Å². The molecule has 1 atom stereocenters. The molecule has 5 nitrogen and oxygen atoms in total. The Labute approximate surface area is 194 Å². The summed E-state index contributed by atoms with van der Waals surface area (Å²) in [5.41, 5.74) is 7.41. The number of imidazole rings is 1. The molecule has 6 heteroatoms. The summed E-state index contributed by atoms with van der Waals surface area (Å²) in [4.78, 5) is 6.17. The van der Waals surface area contributed by atoms with Gasteiger partial charge in [-0.3, -0.25) is 4.57 Å². The Morgan fingerprint density at radius 3 is 2.52 bits per heavy atom. The van der Waals surface area contributed by atoms with Crippen LogP contribution in [0.5, 0.6) is 0 Å². The highest BCUT2D eigenvalue weighted by Gasteiger charge is 2.31. The molecule has 0 bridgehead atoms. The molecule has 3 aromatic heterocycles. The maximum Gasteiger partial charge on any atom is 0.145 e. The van der Waals surface area contributed by atoms with Gasteiger partial charge in [0.05, 0.1) is 21.6 Å². The second-order valence-corrected chi connectivity index (χ2v) is 9.02. The van der Waals surface area contributed by atoms with Crippen molar-refractivity contribution in [2.24, 2.45) is 0 Å². The molecule has 1 aliphatic heterocycles. The van der Waals surface area contributed by atoms with Gasteiger partial charge in [0.15, 0.2) is 0 Å². The van der Waals surface area contributed by atoms with Crippen molar-refractivity contribution in [2.75, 3.05) is 5.32 Å². The quantitative estimate of drug-likeness (QED) is 0.334. The summed E-state index contributed by atoms with van der Waals surface area (Å²) < 4.78 is 4.28. The van der Waals surface area contributed by atoms with E-state index < -0.39 is 0 Å². The van der Waals surface area contributed by atoms with Gasteiger partial charge in [-0.2, -0.15) is 5.10 Å². The summed E-state index contributed by atoms with van der Waals surface area (Å²) in [5, 5.41) is 10.9. The number of nitrogens with one attached hydrogen (secondary N) is 1. The minimum absolute atomic E-state index is 0.142. The fourth-order valence-electron chi connectivity index (χ4n) is 4.63. The largest absolute Gasteiger partial charge is 0.360 e. The van der Waals surface area contributed by atoms with Crippen LogP contribution in [0.15, 0.2) is 103 Å². The van der Waals surface area contributed by atoms with Gasteiger partial charge in [-0.25, -0.2) is 9.67 Å². The molecule has 0 unspecified atom stereocenters. The maximum absolute atomic E-state index is 5.04. The van der Waals surface area contributed by atoms with Crippen LogP contribution in [0.25, 0.3) is 38.7 Å². The van der Waals surface area contributed by atoms with Gasteiger partial charge >= 0.3 is 0 Å². The number of fused-ring (bicyclic) bond motifs is 5. The van der Waals surface area contributed by atoms with Gasteiger partial charge in [-0.05, 0) is 47.8 Å². The van der Waals surface area contributed by atoms with Crippen molar-refractivity contribution in [3.63, 3.8) is 0 Å². The Bertz CT molecular complexity index is 1590. The highest BCUT2D eigenvalue weighted by molar-refractivity contribution is 7.13. The lowest BCUT2D eigenvalue weighted by Gasteiger charge is -2.30. The van der Waals surface area contributed by atoms with Crippen molar-refractivity contribution in [1.29, 1.82) is 0 Å². The first-order chi connectivity index (χ1) is 16.4. The highest BCUT2D eigenvalue weighted by Crippen LogP contribution is 2.43. The zero-order chi connectivity index (χ0) is 21.8. The fraction of sp³-hybridized carbons (Fsp3) is 0.0370. The van der Waals surface area contributed by atoms with Crippen LogP contribution in [0.2, 0.25) is 0 Å². The monoisotopic (exact) mass is 445 g/mol. The molecule has 0 amide bonds. The SMILES string of the molecule is c1ccc(-n2cc([C@@H]3Nc4ccccc4-c4nc5ccccc5n43)c(-c3cccs3)n2)cc1. The van der Waals surface area contributed by atoms with Crippen LogP contribution in [-0.4, -0.2) is 19.3 Å². The first-order valence-corrected chi connectivity index (χ1v) is 11.8. The van der Waals surface area contributed by atoms with E-state index in [0.29, 0.717) is 0 Å². The zero-order valence-electron chi connectivity index (χ0n) is 17.6. The van der Waals surface area contributed by atoms with Crippen LogP contribution < -0.4 is 5.32 Å². The lowest BCUT2D eigenvalue weighted by Crippen LogP contribution is -2.25. The number of para-hydroxylation sites is 4. The Kier molecular flexibility index (Phi) is 4.01. The highest BCUT2D eigenvalue weighted by atomic mass is 32.1. The molecule has 0 spiro atoms. The van der Waals surface area contributed by atoms with Crippen molar-refractivity contribution in [1.82, 2.24) is 19.3 Å². The average Bonchev–Trinajstić information content (AvgIpc) is 3.62. The first-order valence-electron chi connectivity index (χ1n) is 10.9. The number of nitrogens with zero attached hydrogens (tertiary/aromatic N) is 4. The molecule has 0 fully saturated rings. The molecule has 33 heavy (non-hydrogen) atoms. The average molecular weight is 446 g/mol. The minimum atomic E-state index is -0.142. The van der Waals surface area contributed by atoms with Gasteiger partial charge in [0.2, 0.25) is 0 Å². The van der Waals surface area contributed by atoms with E-state index in [-0.39, 0.29) is 6.17 Å². The Morgan fingerprint density at radius 1 is 0.818 bits per heavy atom. The number of rotatable bonds is 3. The van der Waals surface area contributed by atoms with Crippen LogP contribution >= 0.6 is 11.3 Å². The fourth-order valence-corrected chi connectivity index (χ4v) is 5.36. The van der Waals surface area contributed by atoms with E-state index in [1.54, 1.807) is 11.3 Å². The molecule has 158 valence electrons. The van der Waals surface area contributed by atoms with E-state index in [4.69, 9.17) is 10.1 Å². The van der Waals surface area contributed by atoms with Gasteiger partial charge in [0.25, 0.3) is 0 Å². The lowest BCUT2D eigenvalue weighted by atomic mass is 10.1. The number of thiophene rings is 1. The minimum Gasteiger partial charge on any atom is -0.360 e. The molecule has 6 aromatic rings. The second-order valence-electron chi connectivity index (χ2n) is 8.08. The number of anilines is 1. The van der Waals surface area contributed by atoms with Gasteiger partial charge in [0.1, 0.15) is 17.7 Å². The van der Waals surface area contributed by atoms with E-state index in [2.05, 4.69) is 88.2 Å². The molecule has 7 rings (SSSR count). The standard InChI is InChI=1S/C27H19N5S/c1-2-9-18(10-3-1)31-17-20(25(30-31)24-15-8-16-33-24)27-28-21-12-5-4-11-19(21)26-29-22-13-6-7-14-23(22)32(26)27/h1-17,27-28H/t27-/m1/s1. The summed E-state index contributed by atoms with van der Waals surface area (Å²) in [5.74, 6) is 0.972. The Morgan fingerprint density at radius 2 is 1.64 bits per heavy atom. The molecule has 3 aromatic carbocycles. The summed E-state index contributed by atoms with van der Waals surface area (Å²) in [6.45, 7) is 0. The topological polar surface area (TPSA) is 47.7 Å². The molecule has 0 aliphatic carbocycles. The third-order valence-electron chi connectivity index (χ3n) is 6.13. The van der Waals surface area contributed by atoms with Crippen molar-refractivity contribution >= 4 is 28.1 Å². The van der Waals surface area contributed by atoms with Gasteiger partial charge < -0.3 is 5.32 Å². The van der Waals surface area contributed by atoms with E-state index in [1.807, 2.05) is 28.9 Å². The Balaban J connectivity index is 1.50. The summed E-state index contributed by atoms with van der Waals surface area (Å²) in [6.07, 6.45) is 2.01. The van der Waals surface area contributed by atoms with Crippen molar-refractivity contribution < 1.29 is 0 Å². The molecule has 0 saturated heterocycles. The molecule has 0 saturated carbocycles. The molecule has 4 heterocycles. The predicted octanol–water partition coefficient (Wildman–Crippen LogP) is 6.59. The van der Waals surface area contributed by atoms with Crippen molar-refractivity contribution in [3.05, 3.63) is 108 Å². The zero-order valence-corrected chi connectivity index (χ0v) is 18.4. The maximum atomic E-state index is 5.04. The smallest absolute Gasteiger partial charge is 0.145 e. The summed E-state index contributed by atoms with van der Waals surface area (Å²) in [6, 6.07) is 31.2. The van der Waals surface area contributed by atoms with Gasteiger partial charge in [-0.1, -0.05) is 48.5 Å². The van der Waals surface area contributed by atoms with Crippen LogP contribution in [0.4, 0.5) is 5.69 Å². The number of aromatic nitrogens is 4. The predicted molar refractivity (Wildman–Crippen MR) is 134 cm³/mol. The molecular formula is C27H19N5S. The van der Waals surface area contributed by atoms with E-state index in [9.17, 15) is 0 Å². The number of benzene rings is 3. The van der Waals surface area contributed by atoms with E-state index >= 15 is 0 Å². The summed E-state index contributed by atoms with van der Waals surface area (Å²) >= 11 is 1.71. The summed E-state index contributed by atoms with van der Waals surface area (Å²) in [7, 11) is 0. The molecule has 0 radical (unpaired) electrons. The first kappa shape index (κ1) is 18.4. The van der Waals surface area contributed by atoms with Gasteiger partial charge in [-0.15, -0.1) is 11.3 Å². The molecule has 1 N–H and O–H groups in total. The lowest BCUT2D eigenvalue weighted by molar-refractivity contribution is 0.670. The van der Waals surface area contributed by atoms with Crippen LogP contribution in [0.3, 0.4) is 0 Å². The molecular weight excluding hydrogens is 426 g/mol. The molecule has 1 aliphatic rings. The van der Waals surface area contributed by atoms with E-state index in [0.717, 1.165) is 49.9 Å². The number of hydrogen-bond donors (Lipinski definition) is 1. The van der Waals surface area contributed by atoms with Crippen LogP contribution in [0.1, 0.15) is 11.7 Å². The van der Waals surface area contributed by atoms with Crippen molar-refractivity contribution in [3.8, 4) is 27.6 Å². The van der Waals surface area contributed by atoms with Gasteiger partial charge in [0, 0.05) is 23.0 Å². The third kappa shape index (κ3) is 2.84. The second kappa shape index (κ2) is 7.18. The Hall–Kier alpha value is -4.16. The van der Waals surface area contributed by atoms with E-state index in [1.165, 1.54) is 0 Å². The third-order valence-corrected chi connectivity index (χ3v) is 7.00.